The van der Waals surface area contributed by atoms with Crippen molar-refractivity contribution in [2.24, 2.45) is 0 Å². The van der Waals surface area contributed by atoms with Crippen molar-refractivity contribution in [1.29, 1.82) is 0 Å². The van der Waals surface area contributed by atoms with Gasteiger partial charge in [0, 0.05) is 26.7 Å². The summed E-state index contributed by atoms with van der Waals surface area (Å²) < 4.78 is 2.59. The molecule has 0 amide bonds. The molecule has 0 saturated heterocycles. The Morgan fingerprint density at radius 1 is 0.403 bits per heavy atom. The second-order valence-corrected chi connectivity index (χ2v) is 21.9. The van der Waals surface area contributed by atoms with Crippen molar-refractivity contribution in [3.63, 3.8) is 0 Å². The van der Waals surface area contributed by atoms with Gasteiger partial charge in [-0.05, 0) is 124 Å². The molecule has 1 spiro atoms. The third kappa shape index (κ3) is 5.79. The Balaban J connectivity index is 1.11. The minimum atomic E-state index is -0.512. The molecule has 322 valence electrons. The highest BCUT2D eigenvalue weighted by Crippen LogP contribution is 2.65. The van der Waals surface area contributed by atoms with Crippen molar-refractivity contribution in [3.8, 4) is 33.4 Å². The van der Waals surface area contributed by atoms with Gasteiger partial charge >= 0.3 is 0 Å². The van der Waals surface area contributed by atoms with Crippen LogP contribution < -0.4 is 4.90 Å². The SMILES string of the molecule is CC(C)(C)c1ccc2c(c1)C1(c3cc(C(C)(C)C)ccc3-2)c2ccccc2-c2c(N(c3ccc(-c4cccc5ccccc45)cc3)c3cccc4c3sc3ccc5ccccc5c34)cccc21. The predicted octanol–water partition coefficient (Wildman–Crippen LogP) is 18.4. The van der Waals surface area contributed by atoms with E-state index in [-0.39, 0.29) is 10.8 Å². The first-order valence-electron chi connectivity index (χ1n) is 23.8. The second kappa shape index (κ2) is 14.4. The maximum absolute atomic E-state index is 2.58. The summed E-state index contributed by atoms with van der Waals surface area (Å²) in [6, 6.07) is 76.3. The summed E-state index contributed by atoms with van der Waals surface area (Å²) in [7, 11) is 0. The number of thiophene rings is 1. The maximum atomic E-state index is 2.58. The minimum Gasteiger partial charge on any atom is -0.308 e. The highest BCUT2D eigenvalue weighted by molar-refractivity contribution is 7.26. The Morgan fingerprint density at radius 3 is 1.67 bits per heavy atom. The first-order chi connectivity index (χ1) is 32.5. The lowest BCUT2D eigenvalue weighted by Crippen LogP contribution is -2.27. The van der Waals surface area contributed by atoms with Crippen molar-refractivity contribution >= 4 is 70.1 Å². The van der Waals surface area contributed by atoms with E-state index in [9.17, 15) is 0 Å². The average molecular weight is 878 g/mol. The van der Waals surface area contributed by atoms with Crippen LogP contribution in [0.15, 0.2) is 200 Å². The monoisotopic (exact) mass is 877 g/mol. The van der Waals surface area contributed by atoms with Crippen molar-refractivity contribution in [2.75, 3.05) is 4.90 Å². The highest BCUT2D eigenvalue weighted by atomic mass is 32.1. The molecule has 0 N–H and O–H groups in total. The van der Waals surface area contributed by atoms with Gasteiger partial charge in [-0.25, -0.2) is 0 Å². The Labute approximate surface area is 397 Å². The van der Waals surface area contributed by atoms with Gasteiger partial charge in [0.2, 0.25) is 0 Å². The molecular formula is C65H51NS. The Hall–Kier alpha value is -7.26. The van der Waals surface area contributed by atoms with E-state index in [1.165, 1.54) is 120 Å². The molecule has 1 heterocycles. The van der Waals surface area contributed by atoms with Gasteiger partial charge in [-0.1, -0.05) is 211 Å². The third-order valence-electron chi connectivity index (χ3n) is 15.0. The number of rotatable bonds is 4. The van der Waals surface area contributed by atoms with Gasteiger partial charge in [0.25, 0.3) is 0 Å². The van der Waals surface area contributed by atoms with Crippen molar-refractivity contribution in [1.82, 2.24) is 0 Å². The van der Waals surface area contributed by atoms with Crippen LogP contribution in [0.3, 0.4) is 0 Å². The molecule has 0 unspecified atom stereocenters. The molecule has 0 atom stereocenters. The molecule has 10 aromatic carbocycles. The van der Waals surface area contributed by atoms with Crippen LogP contribution in [0.4, 0.5) is 17.1 Å². The van der Waals surface area contributed by atoms with Gasteiger partial charge in [0.1, 0.15) is 0 Å². The van der Waals surface area contributed by atoms with Crippen molar-refractivity contribution in [2.45, 2.75) is 57.8 Å². The normalized spacial score (nSPS) is 13.6. The lowest BCUT2D eigenvalue weighted by molar-refractivity contribution is 0.586. The molecule has 67 heavy (non-hydrogen) atoms. The summed E-state index contributed by atoms with van der Waals surface area (Å²) in [4.78, 5) is 2.58. The fourth-order valence-corrected chi connectivity index (χ4v) is 13.0. The summed E-state index contributed by atoms with van der Waals surface area (Å²) in [6.45, 7) is 14.1. The zero-order chi connectivity index (χ0) is 45.4. The largest absolute Gasteiger partial charge is 0.308 e. The molecule has 0 fully saturated rings. The number of fused-ring (bicyclic) bond motifs is 16. The van der Waals surface area contributed by atoms with Gasteiger partial charge in [0.15, 0.2) is 0 Å². The zero-order valence-electron chi connectivity index (χ0n) is 38.9. The standard InChI is InChI=1S/C65H51NS/c1-63(2,3)43-31-35-49-50-36-32-44(64(4,5)6)39-56(50)65(55(49)38-43)53-24-12-11-21-51(53)61-54(65)25-15-26-57(61)66(45-33-28-42(29-34-45)47-22-13-18-40-16-7-9-19-46(40)47)58-27-14-23-52-60-48-20-10-8-17-41(48)30-37-59(60)67-62(52)58/h7-39H,1-6H3. The average Bonchev–Trinajstić information content (AvgIpc) is 3.98. The van der Waals surface area contributed by atoms with Gasteiger partial charge in [-0.2, -0.15) is 0 Å². The van der Waals surface area contributed by atoms with Crippen LogP contribution in [-0.4, -0.2) is 0 Å². The molecule has 2 aliphatic carbocycles. The van der Waals surface area contributed by atoms with Crippen LogP contribution in [0.2, 0.25) is 0 Å². The van der Waals surface area contributed by atoms with Crippen molar-refractivity contribution < 1.29 is 0 Å². The molecule has 2 aliphatic rings. The van der Waals surface area contributed by atoms with Crippen LogP contribution >= 0.6 is 11.3 Å². The van der Waals surface area contributed by atoms with E-state index in [2.05, 4.69) is 247 Å². The number of nitrogens with zero attached hydrogens (tertiary/aromatic N) is 1. The van der Waals surface area contributed by atoms with Crippen LogP contribution in [0, 0.1) is 0 Å². The van der Waals surface area contributed by atoms with E-state index in [1.807, 2.05) is 11.3 Å². The Morgan fingerprint density at radius 2 is 0.955 bits per heavy atom. The molecule has 1 aromatic heterocycles. The molecule has 13 rings (SSSR count). The fraction of sp³-hybridized carbons (Fsp3) is 0.138. The smallest absolute Gasteiger partial charge is 0.0726 e. The fourth-order valence-electron chi connectivity index (χ4n) is 11.7. The van der Waals surface area contributed by atoms with E-state index < -0.39 is 5.41 Å². The van der Waals surface area contributed by atoms with E-state index in [4.69, 9.17) is 0 Å². The molecule has 2 heteroatoms. The number of hydrogen-bond donors (Lipinski definition) is 0. The molecule has 0 aliphatic heterocycles. The first-order valence-corrected chi connectivity index (χ1v) is 24.6. The van der Waals surface area contributed by atoms with E-state index in [0.29, 0.717) is 0 Å². The third-order valence-corrected chi connectivity index (χ3v) is 16.2. The summed E-state index contributed by atoms with van der Waals surface area (Å²) in [5.41, 5.74) is 18.8. The summed E-state index contributed by atoms with van der Waals surface area (Å²) in [5, 5.41) is 7.71. The van der Waals surface area contributed by atoms with Crippen molar-refractivity contribution in [3.05, 3.63) is 234 Å². The van der Waals surface area contributed by atoms with Gasteiger partial charge < -0.3 is 4.90 Å². The van der Waals surface area contributed by atoms with Gasteiger partial charge in [-0.3, -0.25) is 0 Å². The topological polar surface area (TPSA) is 3.24 Å². The Bertz CT molecular complexity index is 3760. The van der Waals surface area contributed by atoms with E-state index >= 15 is 0 Å². The highest BCUT2D eigenvalue weighted by Gasteiger charge is 2.53. The first kappa shape index (κ1) is 40.1. The molecule has 0 saturated carbocycles. The quantitative estimate of drug-likeness (QED) is 0.170. The zero-order valence-corrected chi connectivity index (χ0v) is 39.7. The summed E-state index contributed by atoms with van der Waals surface area (Å²) >= 11 is 1.91. The summed E-state index contributed by atoms with van der Waals surface area (Å²) in [6.07, 6.45) is 0. The molecule has 1 nitrogen and oxygen atoms in total. The van der Waals surface area contributed by atoms with Crippen LogP contribution in [0.25, 0.3) is 75.1 Å². The lowest BCUT2D eigenvalue weighted by atomic mass is 9.69. The molecule has 0 bridgehead atoms. The molecular weight excluding hydrogens is 827 g/mol. The molecule has 0 radical (unpaired) electrons. The minimum absolute atomic E-state index is 0.0202. The van der Waals surface area contributed by atoms with Crippen LogP contribution in [0.1, 0.15) is 74.9 Å². The predicted molar refractivity (Wildman–Crippen MR) is 288 cm³/mol. The van der Waals surface area contributed by atoms with Crippen LogP contribution in [-0.2, 0) is 16.2 Å². The molecule has 11 aromatic rings. The van der Waals surface area contributed by atoms with E-state index in [1.54, 1.807) is 0 Å². The van der Waals surface area contributed by atoms with Gasteiger partial charge in [0.05, 0.1) is 21.5 Å². The Kier molecular flexibility index (Phi) is 8.59. The van der Waals surface area contributed by atoms with E-state index in [0.717, 1.165) is 5.69 Å². The van der Waals surface area contributed by atoms with Gasteiger partial charge in [-0.15, -0.1) is 11.3 Å². The number of anilines is 3. The lowest BCUT2D eigenvalue weighted by Gasteiger charge is -2.33. The number of hydrogen-bond acceptors (Lipinski definition) is 2. The van der Waals surface area contributed by atoms with Crippen LogP contribution in [0.5, 0.6) is 0 Å². The summed E-state index contributed by atoms with van der Waals surface area (Å²) in [5.74, 6) is 0. The number of benzene rings is 10. The maximum Gasteiger partial charge on any atom is 0.0726 e. The second-order valence-electron chi connectivity index (χ2n) is 20.8.